The van der Waals surface area contributed by atoms with Crippen molar-refractivity contribution >= 4 is 89.3 Å². The molecule has 6 heteroatoms. The first kappa shape index (κ1) is 28.1. The molecular formula is C44H28N4O2. The lowest BCUT2D eigenvalue weighted by molar-refractivity contribution is 0.608. The highest BCUT2D eigenvalue weighted by Crippen LogP contribution is 2.47. The van der Waals surface area contributed by atoms with E-state index in [2.05, 4.69) is 94.7 Å². The van der Waals surface area contributed by atoms with Crippen LogP contribution >= 0.6 is 0 Å². The standard InChI is InChI=1S/C44H28N4O2/c1-3-15-29(16-4-1)47(43-45-37-23-11-13-25-41(37)49-43)39-27-35-32-20-8-10-22-34(32)40(28-36(35)31-19-7-9-21-33(31)39)48(30-17-5-2-6-18-30)44-46-38-24-12-14-26-42(38)50-44/h1-28H. The molecule has 0 N–H and O–H groups in total. The first-order valence-corrected chi connectivity index (χ1v) is 16.6. The van der Waals surface area contributed by atoms with Gasteiger partial charge < -0.3 is 8.83 Å². The van der Waals surface area contributed by atoms with Gasteiger partial charge in [-0.1, -0.05) is 109 Å². The van der Waals surface area contributed by atoms with E-state index in [1.807, 2.05) is 84.9 Å². The van der Waals surface area contributed by atoms with Crippen LogP contribution in [0.1, 0.15) is 0 Å². The van der Waals surface area contributed by atoms with E-state index >= 15 is 0 Å². The van der Waals surface area contributed by atoms with Crippen LogP contribution in [-0.2, 0) is 0 Å². The van der Waals surface area contributed by atoms with Gasteiger partial charge in [-0.15, -0.1) is 0 Å². The number of benzene rings is 8. The molecule has 0 amide bonds. The van der Waals surface area contributed by atoms with E-state index in [0.717, 1.165) is 77.3 Å². The molecule has 0 unspecified atom stereocenters. The highest BCUT2D eigenvalue weighted by atomic mass is 16.4. The number of nitrogens with zero attached hydrogens (tertiary/aromatic N) is 4. The first-order valence-electron chi connectivity index (χ1n) is 16.6. The largest absolute Gasteiger partial charge is 0.423 e. The maximum absolute atomic E-state index is 6.45. The molecule has 0 spiro atoms. The van der Waals surface area contributed by atoms with Crippen LogP contribution in [-0.4, -0.2) is 9.97 Å². The van der Waals surface area contributed by atoms with Gasteiger partial charge in [-0.25, -0.2) is 0 Å². The Morgan fingerprint density at radius 3 is 1.12 bits per heavy atom. The average molecular weight is 645 g/mol. The summed E-state index contributed by atoms with van der Waals surface area (Å²) in [7, 11) is 0. The Hall–Kier alpha value is -6.92. The maximum atomic E-state index is 6.45. The lowest BCUT2D eigenvalue weighted by Crippen LogP contribution is -2.12. The van der Waals surface area contributed by atoms with Crippen LogP contribution < -0.4 is 9.80 Å². The van der Waals surface area contributed by atoms with Gasteiger partial charge in [0.25, 0.3) is 0 Å². The number of oxazole rings is 2. The molecule has 0 saturated heterocycles. The van der Waals surface area contributed by atoms with Gasteiger partial charge in [0.15, 0.2) is 11.2 Å². The summed E-state index contributed by atoms with van der Waals surface area (Å²) in [4.78, 5) is 14.2. The van der Waals surface area contributed by atoms with Crippen LogP contribution in [0.2, 0.25) is 0 Å². The van der Waals surface area contributed by atoms with Crippen molar-refractivity contribution in [2.24, 2.45) is 0 Å². The molecular weight excluding hydrogens is 617 g/mol. The van der Waals surface area contributed by atoms with Crippen molar-refractivity contribution < 1.29 is 8.83 Å². The van der Waals surface area contributed by atoms with Crippen molar-refractivity contribution in [1.29, 1.82) is 0 Å². The zero-order chi connectivity index (χ0) is 33.0. The molecule has 0 bridgehead atoms. The molecule has 10 aromatic rings. The third-order valence-electron chi connectivity index (χ3n) is 9.30. The van der Waals surface area contributed by atoms with E-state index in [1.165, 1.54) is 0 Å². The van der Waals surface area contributed by atoms with Crippen LogP contribution in [0.4, 0.5) is 34.8 Å². The first-order chi connectivity index (χ1) is 24.8. The molecule has 0 fully saturated rings. The van der Waals surface area contributed by atoms with E-state index < -0.39 is 0 Å². The van der Waals surface area contributed by atoms with Crippen LogP contribution in [0.25, 0.3) is 54.5 Å². The fourth-order valence-electron chi connectivity index (χ4n) is 7.05. The maximum Gasteiger partial charge on any atom is 0.307 e. The van der Waals surface area contributed by atoms with Gasteiger partial charge >= 0.3 is 12.0 Å². The predicted molar refractivity (Wildman–Crippen MR) is 203 cm³/mol. The lowest BCUT2D eigenvalue weighted by Gasteiger charge is -2.26. The fourth-order valence-corrected chi connectivity index (χ4v) is 7.05. The SMILES string of the molecule is c1ccc(N(c2nc3ccccc3o2)c2cc3c4ccccc4c(N(c4ccccc4)c4nc5ccccc5o4)cc3c3ccccc23)cc1. The third-order valence-corrected chi connectivity index (χ3v) is 9.30. The number of rotatable bonds is 6. The van der Waals surface area contributed by atoms with Crippen molar-refractivity contribution in [3.8, 4) is 0 Å². The van der Waals surface area contributed by atoms with Crippen molar-refractivity contribution in [3.05, 3.63) is 170 Å². The van der Waals surface area contributed by atoms with Crippen molar-refractivity contribution in [1.82, 2.24) is 9.97 Å². The zero-order valence-corrected chi connectivity index (χ0v) is 26.8. The van der Waals surface area contributed by atoms with Crippen LogP contribution in [0.3, 0.4) is 0 Å². The summed E-state index contributed by atoms with van der Waals surface area (Å²) in [6.45, 7) is 0. The second-order valence-corrected chi connectivity index (χ2v) is 12.2. The predicted octanol–water partition coefficient (Wildman–Crippen LogP) is 12.4. The monoisotopic (exact) mass is 644 g/mol. The van der Waals surface area contributed by atoms with Crippen LogP contribution in [0.5, 0.6) is 0 Å². The molecule has 2 heterocycles. The Morgan fingerprint density at radius 2 is 0.700 bits per heavy atom. The Kier molecular flexibility index (Phi) is 6.39. The third kappa shape index (κ3) is 4.50. The topological polar surface area (TPSA) is 58.5 Å². The normalized spacial score (nSPS) is 11.6. The summed E-state index contributed by atoms with van der Waals surface area (Å²) in [5.74, 6) is 0. The number of para-hydroxylation sites is 6. The smallest absolute Gasteiger partial charge is 0.307 e. The molecule has 0 saturated carbocycles. The summed E-state index contributed by atoms with van der Waals surface area (Å²) >= 11 is 0. The molecule has 50 heavy (non-hydrogen) atoms. The van der Waals surface area contributed by atoms with Gasteiger partial charge in [0.2, 0.25) is 0 Å². The zero-order valence-electron chi connectivity index (χ0n) is 26.8. The van der Waals surface area contributed by atoms with Gasteiger partial charge in [-0.3, -0.25) is 9.80 Å². The van der Waals surface area contributed by atoms with Gasteiger partial charge in [-0.05, 0) is 82.2 Å². The molecule has 0 aliphatic carbocycles. The van der Waals surface area contributed by atoms with E-state index in [-0.39, 0.29) is 0 Å². The lowest BCUT2D eigenvalue weighted by atomic mass is 9.93. The van der Waals surface area contributed by atoms with Crippen molar-refractivity contribution in [3.63, 3.8) is 0 Å². The Balaban J connectivity index is 1.29. The highest BCUT2D eigenvalue weighted by Gasteiger charge is 2.25. The Labute approximate surface area is 287 Å². The molecule has 236 valence electrons. The molecule has 0 atom stereocenters. The average Bonchev–Trinajstić information content (AvgIpc) is 3.81. The molecule has 10 rings (SSSR count). The minimum absolute atomic E-state index is 0.508. The number of hydrogen-bond acceptors (Lipinski definition) is 6. The number of aromatic nitrogens is 2. The number of anilines is 6. The minimum atomic E-state index is 0.508. The van der Waals surface area contributed by atoms with Gasteiger partial charge in [0, 0.05) is 10.8 Å². The van der Waals surface area contributed by atoms with Crippen LogP contribution in [0.15, 0.2) is 179 Å². The van der Waals surface area contributed by atoms with Gasteiger partial charge in [0.05, 0.1) is 22.7 Å². The Bertz CT molecular complexity index is 2580. The van der Waals surface area contributed by atoms with Crippen molar-refractivity contribution in [2.45, 2.75) is 0 Å². The summed E-state index contributed by atoms with van der Waals surface area (Å²) in [6.07, 6.45) is 0. The van der Waals surface area contributed by atoms with Crippen molar-refractivity contribution in [2.75, 3.05) is 9.80 Å². The van der Waals surface area contributed by atoms with Gasteiger partial charge in [-0.2, -0.15) is 9.97 Å². The van der Waals surface area contributed by atoms with E-state index in [9.17, 15) is 0 Å². The molecule has 0 aliphatic heterocycles. The quantitative estimate of drug-likeness (QED) is 0.168. The summed E-state index contributed by atoms with van der Waals surface area (Å²) in [5.41, 5.74) is 6.96. The molecule has 6 nitrogen and oxygen atoms in total. The highest BCUT2D eigenvalue weighted by molar-refractivity contribution is 6.24. The summed E-state index contributed by atoms with van der Waals surface area (Å²) < 4.78 is 12.9. The van der Waals surface area contributed by atoms with E-state index in [0.29, 0.717) is 12.0 Å². The molecule has 0 aliphatic rings. The Morgan fingerprint density at radius 1 is 0.340 bits per heavy atom. The number of fused-ring (bicyclic) bond motifs is 7. The fraction of sp³-hybridized carbons (Fsp3) is 0. The van der Waals surface area contributed by atoms with Crippen LogP contribution in [0, 0.1) is 0 Å². The molecule has 8 aromatic carbocycles. The second-order valence-electron chi connectivity index (χ2n) is 12.2. The van der Waals surface area contributed by atoms with E-state index in [1.54, 1.807) is 0 Å². The summed E-state index contributed by atoms with van der Waals surface area (Å²) in [6, 6.07) is 59.0. The molecule has 0 radical (unpaired) electrons. The minimum Gasteiger partial charge on any atom is -0.423 e. The van der Waals surface area contributed by atoms with Gasteiger partial charge in [0.1, 0.15) is 11.0 Å². The van der Waals surface area contributed by atoms with E-state index in [4.69, 9.17) is 18.8 Å². The number of hydrogen-bond donors (Lipinski definition) is 0. The second kappa shape index (κ2) is 11.4. The molecule has 2 aromatic heterocycles. The summed E-state index contributed by atoms with van der Waals surface area (Å²) in [5, 5.41) is 6.58.